The van der Waals surface area contributed by atoms with Gasteiger partial charge in [-0.3, -0.25) is 14.4 Å². The first-order chi connectivity index (χ1) is 16.3. The average molecular weight is 522 g/mol. The van der Waals surface area contributed by atoms with E-state index in [0.29, 0.717) is 32.2 Å². The van der Waals surface area contributed by atoms with Gasteiger partial charge in [-0.2, -0.15) is 0 Å². The van der Waals surface area contributed by atoms with Crippen molar-refractivity contribution in [2.45, 2.75) is 97.8 Å². The molecule has 0 saturated heterocycles. The largest absolute Gasteiger partial charge is 0.469 e. The van der Waals surface area contributed by atoms with Crippen molar-refractivity contribution >= 4 is 30.0 Å². The fourth-order valence-electron chi connectivity index (χ4n) is 1.87. The highest BCUT2D eigenvalue weighted by Crippen LogP contribution is 2.07. The van der Waals surface area contributed by atoms with E-state index < -0.39 is 35.3 Å². The molecule has 13 heteroatoms. The van der Waals surface area contributed by atoms with E-state index in [4.69, 9.17) is 26.7 Å². The van der Waals surface area contributed by atoms with E-state index >= 15 is 0 Å². The number of primary amides is 2. The lowest BCUT2D eigenvalue weighted by molar-refractivity contribution is -0.140. The van der Waals surface area contributed by atoms with Gasteiger partial charge in [0.15, 0.2) is 0 Å². The van der Waals surface area contributed by atoms with Crippen molar-refractivity contribution in [2.24, 2.45) is 17.2 Å². The summed E-state index contributed by atoms with van der Waals surface area (Å²) >= 11 is 0. The zero-order valence-corrected chi connectivity index (χ0v) is 23.0. The second kappa shape index (κ2) is 20.1. The van der Waals surface area contributed by atoms with Gasteiger partial charge in [0.2, 0.25) is 11.8 Å². The summed E-state index contributed by atoms with van der Waals surface area (Å²) in [5.41, 5.74) is 14.0. The lowest BCUT2D eigenvalue weighted by Crippen LogP contribution is -2.40. The zero-order valence-electron chi connectivity index (χ0n) is 23.0. The van der Waals surface area contributed by atoms with Crippen molar-refractivity contribution in [1.29, 1.82) is 0 Å². The molecule has 0 saturated carbocycles. The molecule has 0 bridgehead atoms. The van der Waals surface area contributed by atoms with E-state index in [2.05, 4.69) is 15.4 Å². The second-order valence-corrected chi connectivity index (χ2v) is 9.55. The maximum atomic E-state index is 11.1. The number of ether oxygens (including phenoxy) is 3. The van der Waals surface area contributed by atoms with Crippen LogP contribution in [0.15, 0.2) is 0 Å². The Labute approximate surface area is 214 Å². The molecular formula is C23H47N5O8. The highest BCUT2D eigenvalue weighted by atomic mass is 16.6. The molecule has 36 heavy (non-hydrogen) atoms. The molecule has 0 aromatic rings. The van der Waals surface area contributed by atoms with Gasteiger partial charge in [0.25, 0.3) is 0 Å². The Bertz CT molecular complexity index is 670. The Morgan fingerprint density at radius 3 is 1.56 bits per heavy atom. The van der Waals surface area contributed by atoms with Crippen LogP contribution in [0.2, 0.25) is 0 Å². The first-order valence-corrected chi connectivity index (χ1v) is 11.7. The first-order valence-electron chi connectivity index (χ1n) is 11.7. The lowest BCUT2D eigenvalue weighted by atomic mass is 10.2. The van der Waals surface area contributed by atoms with Crippen molar-refractivity contribution in [1.82, 2.24) is 10.6 Å². The molecule has 212 valence electrons. The number of hydrogen-bond acceptors (Lipinski definition) is 9. The van der Waals surface area contributed by atoms with E-state index in [-0.39, 0.29) is 18.4 Å². The van der Waals surface area contributed by atoms with Crippen LogP contribution in [0.1, 0.15) is 80.6 Å². The molecule has 0 aromatic heterocycles. The summed E-state index contributed by atoms with van der Waals surface area (Å²) in [6.07, 6.45) is 1.52. The normalized spacial score (nSPS) is 11.2. The summed E-state index contributed by atoms with van der Waals surface area (Å²) in [4.78, 5) is 53.3. The number of nitrogens with two attached hydrogens (primary N) is 3. The molecule has 1 atom stereocenters. The van der Waals surface area contributed by atoms with Crippen LogP contribution in [-0.2, 0) is 28.6 Å². The zero-order chi connectivity index (χ0) is 28.9. The monoisotopic (exact) mass is 521 g/mol. The summed E-state index contributed by atoms with van der Waals surface area (Å²) < 4.78 is 14.4. The summed E-state index contributed by atoms with van der Waals surface area (Å²) in [5, 5.41) is 5.03. The van der Waals surface area contributed by atoms with Crippen LogP contribution < -0.4 is 27.8 Å². The third-order valence-corrected chi connectivity index (χ3v) is 3.44. The van der Waals surface area contributed by atoms with Crippen LogP contribution in [-0.4, -0.2) is 67.4 Å². The molecule has 0 aliphatic rings. The number of rotatable bonds is 10. The molecule has 0 fully saturated rings. The predicted octanol–water partition coefficient (Wildman–Crippen LogP) is 1.45. The van der Waals surface area contributed by atoms with E-state index in [1.54, 1.807) is 41.5 Å². The SMILES string of the molecule is CC(C)(C)OC(=O)NCCC(N)C(N)=O.CCCC(N)=O.COC(=O)CCCNC(=O)OC(C)(C)C. The Balaban J connectivity index is -0.000000495. The Morgan fingerprint density at radius 2 is 1.25 bits per heavy atom. The van der Waals surface area contributed by atoms with Crippen LogP contribution in [0.4, 0.5) is 9.59 Å². The minimum absolute atomic E-state index is 0.211. The Hall–Kier alpha value is -3.09. The average Bonchev–Trinajstić information content (AvgIpc) is 2.69. The molecule has 0 aliphatic heterocycles. The summed E-state index contributed by atoms with van der Waals surface area (Å²) in [7, 11) is 1.34. The number of carbonyl (C=O) groups is 5. The maximum Gasteiger partial charge on any atom is 0.407 e. The second-order valence-electron chi connectivity index (χ2n) is 9.55. The van der Waals surface area contributed by atoms with Crippen molar-refractivity contribution < 1.29 is 38.2 Å². The van der Waals surface area contributed by atoms with Crippen LogP contribution in [0.25, 0.3) is 0 Å². The van der Waals surface area contributed by atoms with Crippen LogP contribution >= 0.6 is 0 Å². The van der Waals surface area contributed by atoms with Crippen LogP contribution in [0.3, 0.4) is 0 Å². The Morgan fingerprint density at radius 1 is 0.806 bits per heavy atom. The smallest absolute Gasteiger partial charge is 0.407 e. The van der Waals surface area contributed by atoms with Gasteiger partial charge < -0.3 is 42.0 Å². The molecule has 1 unspecified atom stereocenters. The topological polar surface area (TPSA) is 215 Å². The maximum absolute atomic E-state index is 11.1. The van der Waals surface area contributed by atoms with E-state index in [1.807, 2.05) is 6.92 Å². The lowest BCUT2D eigenvalue weighted by Gasteiger charge is -2.19. The minimum atomic E-state index is -0.736. The first kappa shape index (κ1) is 37.5. The number of carbonyl (C=O) groups excluding carboxylic acids is 5. The van der Waals surface area contributed by atoms with Crippen molar-refractivity contribution in [3.63, 3.8) is 0 Å². The molecule has 4 amide bonds. The number of alkyl carbamates (subject to hydrolysis) is 2. The predicted molar refractivity (Wildman–Crippen MR) is 136 cm³/mol. The van der Waals surface area contributed by atoms with Gasteiger partial charge >= 0.3 is 18.2 Å². The minimum Gasteiger partial charge on any atom is -0.469 e. The van der Waals surface area contributed by atoms with Gasteiger partial charge in [-0.1, -0.05) is 6.92 Å². The molecule has 0 rings (SSSR count). The van der Waals surface area contributed by atoms with Crippen molar-refractivity contribution in [3.05, 3.63) is 0 Å². The van der Waals surface area contributed by atoms with Gasteiger partial charge in [0.05, 0.1) is 13.2 Å². The number of amides is 4. The fraction of sp³-hybridized carbons (Fsp3) is 0.783. The van der Waals surface area contributed by atoms with Crippen LogP contribution in [0, 0.1) is 0 Å². The highest BCUT2D eigenvalue weighted by Gasteiger charge is 2.17. The van der Waals surface area contributed by atoms with E-state index in [9.17, 15) is 24.0 Å². The van der Waals surface area contributed by atoms with Gasteiger partial charge in [0.1, 0.15) is 11.2 Å². The molecule has 0 aromatic carbocycles. The summed E-state index contributed by atoms with van der Waals surface area (Å²) in [6.45, 7) is 13.3. The number of methoxy groups -OCH3 is 1. The molecule has 0 radical (unpaired) electrons. The van der Waals surface area contributed by atoms with Gasteiger partial charge in [-0.15, -0.1) is 0 Å². The van der Waals surface area contributed by atoms with Crippen molar-refractivity contribution in [3.8, 4) is 0 Å². The summed E-state index contributed by atoms with van der Waals surface area (Å²) in [5.74, 6) is -1.07. The molecule has 13 nitrogen and oxygen atoms in total. The van der Waals surface area contributed by atoms with Gasteiger partial charge in [0, 0.05) is 25.9 Å². The van der Waals surface area contributed by atoms with E-state index in [0.717, 1.165) is 6.42 Å². The van der Waals surface area contributed by atoms with Gasteiger partial charge in [-0.05, 0) is 60.8 Å². The number of nitrogens with one attached hydrogen (secondary N) is 2. The standard InChI is InChI=1S/C10H19NO4.C9H19N3O3.C4H9NO/c1-10(2,3)15-9(13)11-7-5-6-8(12)14-4;1-9(2,3)15-8(14)12-5-4-6(10)7(11)13;1-2-3-4(5)6/h5-7H2,1-4H3,(H,11,13);6H,4-5,10H2,1-3H3,(H2,11,13)(H,12,14);2-3H2,1H3,(H2,5,6). The van der Waals surface area contributed by atoms with E-state index in [1.165, 1.54) is 7.11 Å². The summed E-state index contributed by atoms with van der Waals surface area (Å²) in [6, 6.07) is -0.736. The molecule has 0 spiro atoms. The number of hydrogen-bond donors (Lipinski definition) is 5. The Kier molecular flexibility index (Phi) is 21.0. The molecule has 8 N–H and O–H groups in total. The molecular weight excluding hydrogens is 474 g/mol. The molecule has 0 heterocycles. The third-order valence-electron chi connectivity index (χ3n) is 3.44. The van der Waals surface area contributed by atoms with Gasteiger partial charge in [-0.25, -0.2) is 9.59 Å². The third kappa shape index (κ3) is 33.1. The molecule has 0 aliphatic carbocycles. The fourth-order valence-corrected chi connectivity index (χ4v) is 1.87. The van der Waals surface area contributed by atoms with Crippen LogP contribution in [0.5, 0.6) is 0 Å². The highest BCUT2D eigenvalue weighted by molar-refractivity contribution is 5.79. The quantitative estimate of drug-likeness (QED) is 0.159. The number of esters is 1. The van der Waals surface area contributed by atoms with Crippen molar-refractivity contribution in [2.75, 3.05) is 20.2 Å².